The van der Waals surface area contributed by atoms with Crippen molar-refractivity contribution in [3.05, 3.63) is 59.4 Å². The number of hydrogen-bond acceptors (Lipinski definition) is 4. The monoisotopic (exact) mass is 271 g/mol. The van der Waals surface area contributed by atoms with Gasteiger partial charge in [-0.25, -0.2) is 4.39 Å². The van der Waals surface area contributed by atoms with Gasteiger partial charge < -0.3 is 14.8 Å². The lowest BCUT2D eigenvalue weighted by atomic mass is 9.80. The molecule has 0 atom stereocenters. The number of rotatable bonds is 4. The Morgan fingerprint density at radius 3 is 2.45 bits per heavy atom. The molecule has 0 unspecified atom stereocenters. The fourth-order valence-corrected chi connectivity index (χ4v) is 1.66. The Hall–Kier alpha value is -2.36. The molecule has 2 aromatic carbocycles. The Balaban J connectivity index is 2.08. The summed E-state index contributed by atoms with van der Waals surface area (Å²) in [6.07, 6.45) is 0. The second kappa shape index (κ2) is 6.19. The van der Waals surface area contributed by atoms with Gasteiger partial charge in [0.2, 0.25) is 0 Å². The minimum Gasteiger partial charge on any atom is -0.489 e. The van der Waals surface area contributed by atoms with E-state index in [2.05, 4.69) is 0 Å². The molecule has 6 heteroatoms. The van der Waals surface area contributed by atoms with E-state index in [0.717, 1.165) is 17.7 Å². The van der Waals surface area contributed by atoms with Gasteiger partial charge in [0.1, 0.15) is 18.2 Å². The third-order valence-electron chi connectivity index (χ3n) is 2.68. The van der Waals surface area contributed by atoms with Crippen LogP contribution in [-0.4, -0.2) is 17.2 Å². The van der Waals surface area contributed by atoms with Gasteiger partial charge in [-0.1, -0.05) is 12.1 Å². The molecule has 0 fully saturated rings. The van der Waals surface area contributed by atoms with Crippen molar-refractivity contribution in [3.63, 3.8) is 0 Å². The summed E-state index contributed by atoms with van der Waals surface area (Å²) in [5, 5.41) is 26.7. The van der Waals surface area contributed by atoms with E-state index >= 15 is 0 Å². The number of halogens is 1. The first-order valence-electron chi connectivity index (χ1n) is 5.87. The molecule has 0 radical (unpaired) electrons. The van der Waals surface area contributed by atoms with Crippen molar-refractivity contribution in [2.75, 3.05) is 0 Å². The minimum absolute atomic E-state index is 0.0276. The van der Waals surface area contributed by atoms with Gasteiger partial charge in [0.05, 0.1) is 11.6 Å². The Morgan fingerprint density at radius 1 is 1.15 bits per heavy atom. The van der Waals surface area contributed by atoms with Gasteiger partial charge in [-0.05, 0) is 35.3 Å². The van der Waals surface area contributed by atoms with E-state index in [1.807, 2.05) is 6.07 Å². The molecular formula is C14H11BFNO3. The Labute approximate surface area is 115 Å². The molecule has 0 aliphatic carbocycles. The minimum atomic E-state index is -1.75. The number of hydrogen-bond donors (Lipinski definition) is 2. The summed E-state index contributed by atoms with van der Waals surface area (Å²) in [4.78, 5) is 0. The second-order valence-electron chi connectivity index (χ2n) is 4.19. The fourth-order valence-electron chi connectivity index (χ4n) is 1.66. The van der Waals surface area contributed by atoms with Crippen molar-refractivity contribution in [2.24, 2.45) is 0 Å². The van der Waals surface area contributed by atoms with Crippen LogP contribution in [0, 0.1) is 17.1 Å². The van der Waals surface area contributed by atoms with Crippen LogP contribution >= 0.6 is 0 Å². The van der Waals surface area contributed by atoms with Crippen LogP contribution in [0.5, 0.6) is 5.75 Å². The summed E-state index contributed by atoms with van der Waals surface area (Å²) in [5.41, 5.74) is 1.39. The van der Waals surface area contributed by atoms with Crippen LogP contribution in [-0.2, 0) is 6.61 Å². The van der Waals surface area contributed by atoms with Crippen molar-refractivity contribution in [3.8, 4) is 11.8 Å². The molecule has 0 amide bonds. The molecule has 0 saturated carbocycles. The third kappa shape index (κ3) is 3.57. The normalized spacial score (nSPS) is 9.90. The van der Waals surface area contributed by atoms with Crippen molar-refractivity contribution in [1.82, 2.24) is 0 Å². The van der Waals surface area contributed by atoms with E-state index in [9.17, 15) is 4.39 Å². The first-order valence-corrected chi connectivity index (χ1v) is 5.87. The zero-order valence-corrected chi connectivity index (χ0v) is 10.5. The maximum atomic E-state index is 13.3. The van der Waals surface area contributed by atoms with E-state index in [-0.39, 0.29) is 17.8 Å². The van der Waals surface area contributed by atoms with Gasteiger partial charge in [-0.15, -0.1) is 0 Å². The highest BCUT2D eigenvalue weighted by Crippen LogP contribution is 2.14. The molecule has 0 saturated heterocycles. The van der Waals surface area contributed by atoms with Crippen molar-refractivity contribution in [1.29, 1.82) is 5.26 Å². The van der Waals surface area contributed by atoms with Crippen LogP contribution in [0.1, 0.15) is 11.1 Å². The summed E-state index contributed by atoms with van der Waals surface area (Å²) < 4.78 is 18.7. The average molecular weight is 271 g/mol. The lowest BCUT2D eigenvalue weighted by molar-refractivity contribution is 0.304. The predicted molar refractivity (Wildman–Crippen MR) is 71.7 cm³/mol. The fraction of sp³-hybridized carbons (Fsp3) is 0.0714. The van der Waals surface area contributed by atoms with Crippen LogP contribution in [0.3, 0.4) is 0 Å². The molecule has 0 heterocycles. The Bertz CT molecular complexity index is 638. The topological polar surface area (TPSA) is 73.5 Å². The van der Waals surface area contributed by atoms with Crippen LogP contribution in [0.2, 0.25) is 0 Å². The molecular weight excluding hydrogens is 260 g/mol. The van der Waals surface area contributed by atoms with Crippen molar-refractivity contribution < 1.29 is 19.2 Å². The van der Waals surface area contributed by atoms with Crippen LogP contribution < -0.4 is 10.2 Å². The zero-order valence-electron chi connectivity index (χ0n) is 10.5. The standard InChI is InChI=1S/C14H11BFNO3/c16-13-5-12(15(18)19)6-14(7-13)20-9-11-3-1-10(8-17)2-4-11/h1-7,18-19H,9H2. The average Bonchev–Trinajstić information content (AvgIpc) is 2.45. The Morgan fingerprint density at radius 2 is 1.85 bits per heavy atom. The highest BCUT2D eigenvalue weighted by atomic mass is 19.1. The summed E-state index contributed by atoms with van der Waals surface area (Å²) in [5.74, 6) is -0.400. The highest BCUT2D eigenvalue weighted by molar-refractivity contribution is 6.58. The van der Waals surface area contributed by atoms with Crippen LogP contribution in [0.15, 0.2) is 42.5 Å². The number of ether oxygens (including phenoxy) is 1. The van der Waals surface area contributed by atoms with E-state index in [0.29, 0.717) is 5.56 Å². The third-order valence-corrected chi connectivity index (χ3v) is 2.68. The molecule has 0 aliphatic rings. The van der Waals surface area contributed by atoms with Crippen molar-refractivity contribution >= 4 is 12.6 Å². The smallest absolute Gasteiger partial charge is 0.488 e. The Kier molecular flexibility index (Phi) is 4.36. The van der Waals surface area contributed by atoms with Gasteiger partial charge >= 0.3 is 7.12 Å². The molecule has 20 heavy (non-hydrogen) atoms. The molecule has 100 valence electrons. The molecule has 0 aliphatic heterocycles. The van der Waals surface area contributed by atoms with Gasteiger partial charge in [-0.3, -0.25) is 0 Å². The van der Waals surface area contributed by atoms with E-state index in [1.165, 1.54) is 6.07 Å². The molecule has 0 aromatic heterocycles. The number of benzene rings is 2. The highest BCUT2D eigenvalue weighted by Gasteiger charge is 2.13. The van der Waals surface area contributed by atoms with E-state index in [4.69, 9.17) is 20.0 Å². The van der Waals surface area contributed by atoms with Crippen LogP contribution in [0.25, 0.3) is 0 Å². The quantitative estimate of drug-likeness (QED) is 0.812. The van der Waals surface area contributed by atoms with Gasteiger partial charge in [0.15, 0.2) is 0 Å². The lowest BCUT2D eigenvalue weighted by Crippen LogP contribution is -2.30. The molecule has 4 nitrogen and oxygen atoms in total. The van der Waals surface area contributed by atoms with Crippen molar-refractivity contribution in [2.45, 2.75) is 6.61 Å². The predicted octanol–water partition coefficient (Wildman–Crippen LogP) is 0.956. The summed E-state index contributed by atoms with van der Waals surface area (Å²) in [7, 11) is -1.75. The number of nitrogens with zero attached hydrogens (tertiary/aromatic N) is 1. The second-order valence-corrected chi connectivity index (χ2v) is 4.19. The van der Waals surface area contributed by atoms with E-state index in [1.54, 1.807) is 24.3 Å². The van der Waals surface area contributed by atoms with Gasteiger partial charge in [0.25, 0.3) is 0 Å². The zero-order chi connectivity index (χ0) is 14.5. The molecule has 0 bridgehead atoms. The van der Waals surface area contributed by atoms with Gasteiger partial charge in [0, 0.05) is 6.07 Å². The summed E-state index contributed by atoms with van der Waals surface area (Å²) in [6.45, 7) is 0.191. The van der Waals surface area contributed by atoms with Crippen LogP contribution in [0.4, 0.5) is 4.39 Å². The largest absolute Gasteiger partial charge is 0.489 e. The van der Waals surface area contributed by atoms with E-state index < -0.39 is 12.9 Å². The molecule has 0 spiro atoms. The maximum Gasteiger partial charge on any atom is 0.488 e. The maximum absolute atomic E-state index is 13.3. The molecule has 2 N–H and O–H groups in total. The summed E-state index contributed by atoms with van der Waals surface area (Å²) in [6, 6.07) is 12.3. The van der Waals surface area contributed by atoms with Gasteiger partial charge in [-0.2, -0.15) is 5.26 Å². The summed E-state index contributed by atoms with van der Waals surface area (Å²) >= 11 is 0. The number of nitriles is 1. The SMILES string of the molecule is N#Cc1ccc(COc2cc(F)cc(B(O)O)c2)cc1. The lowest BCUT2D eigenvalue weighted by Gasteiger charge is -2.08. The molecule has 2 aromatic rings. The first-order chi connectivity index (χ1) is 9.58. The molecule has 2 rings (SSSR count). The first kappa shape index (κ1) is 14.1.